The van der Waals surface area contributed by atoms with Crippen molar-refractivity contribution in [3.05, 3.63) is 35.0 Å². The fourth-order valence-electron chi connectivity index (χ4n) is 1.37. The summed E-state index contributed by atoms with van der Waals surface area (Å²) >= 11 is 3.30. The van der Waals surface area contributed by atoms with E-state index in [2.05, 4.69) is 36.3 Å². The molecular formula is C10H12BrN5. The zero-order valence-electron chi connectivity index (χ0n) is 8.89. The first-order valence-electron chi connectivity index (χ1n) is 4.93. The van der Waals surface area contributed by atoms with Crippen LogP contribution in [0.25, 0.3) is 0 Å². The molecule has 0 aliphatic carbocycles. The average Bonchev–Trinajstić information content (AvgIpc) is 2.64. The number of aryl methyl sites for hydroxylation is 1. The van der Waals surface area contributed by atoms with Crippen molar-refractivity contribution in [3.8, 4) is 0 Å². The number of nitrogens with one attached hydrogen (secondary N) is 1. The lowest BCUT2D eigenvalue weighted by Gasteiger charge is -2.03. The van der Waals surface area contributed by atoms with E-state index < -0.39 is 0 Å². The quantitative estimate of drug-likeness (QED) is 0.866. The summed E-state index contributed by atoms with van der Waals surface area (Å²) in [5.41, 5.74) is 1.21. The van der Waals surface area contributed by atoms with Gasteiger partial charge in [-0.05, 0) is 27.9 Å². The Labute approximate surface area is 102 Å². The summed E-state index contributed by atoms with van der Waals surface area (Å²) in [6, 6.07) is 1.85. The summed E-state index contributed by atoms with van der Waals surface area (Å²) < 4.78 is 2.59. The molecule has 0 unspecified atom stereocenters. The highest BCUT2D eigenvalue weighted by atomic mass is 79.9. The molecule has 0 atom stereocenters. The average molecular weight is 282 g/mol. The molecule has 2 heterocycles. The van der Waals surface area contributed by atoms with Gasteiger partial charge in [0.05, 0.1) is 6.20 Å². The lowest BCUT2D eigenvalue weighted by molar-refractivity contribution is 0.767. The third-order valence-corrected chi connectivity index (χ3v) is 2.55. The van der Waals surface area contributed by atoms with E-state index in [0.717, 1.165) is 23.4 Å². The van der Waals surface area contributed by atoms with Crippen LogP contribution in [0.2, 0.25) is 0 Å². The van der Waals surface area contributed by atoms with Crippen LogP contribution in [0.5, 0.6) is 0 Å². The maximum Gasteiger partial charge on any atom is 0.130 e. The number of halogens is 1. The highest BCUT2D eigenvalue weighted by molar-refractivity contribution is 9.10. The van der Waals surface area contributed by atoms with E-state index in [4.69, 9.17) is 0 Å². The van der Waals surface area contributed by atoms with Crippen molar-refractivity contribution in [2.24, 2.45) is 7.05 Å². The third kappa shape index (κ3) is 3.03. The van der Waals surface area contributed by atoms with E-state index in [0.29, 0.717) is 0 Å². The molecule has 0 radical (unpaired) electrons. The molecule has 84 valence electrons. The van der Waals surface area contributed by atoms with E-state index in [1.165, 1.54) is 11.9 Å². The number of hydrogen-bond acceptors (Lipinski definition) is 4. The van der Waals surface area contributed by atoms with Gasteiger partial charge in [0.25, 0.3) is 0 Å². The topological polar surface area (TPSA) is 55.6 Å². The molecule has 2 rings (SSSR count). The van der Waals surface area contributed by atoms with Gasteiger partial charge in [-0.15, -0.1) is 0 Å². The monoisotopic (exact) mass is 281 g/mol. The summed E-state index contributed by atoms with van der Waals surface area (Å²) in [6.07, 6.45) is 6.33. The molecule has 0 aliphatic heterocycles. The van der Waals surface area contributed by atoms with Gasteiger partial charge in [-0.25, -0.2) is 9.97 Å². The van der Waals surface area contributed by atoms with Crippen LogP contribution < -0.4 is 5.32 Å². The Morgan fingerprint density at radius 2 is 2.31 bits per heavy atom. The van der Waals surface area contributed by atoms with Crippen molar-refractivity contribution in [3.63, 3.8) is 0 Å². The fourth-order valence-corrected chi connectivity index (χ4v) is 1.67. The second kappa shape index (κ2) is 5.07. The molecule has 0 bridgehead atoms. The normalized spacial score (nSPS) is 10.4. The zero-order valence-corrected chi connectivity index (χ0v) is 10.5. The highest BCUT2D eigenvalue weighted by Gasteiger charge is 1.98. The SMILES string of the molecule is Cn1cc(CCNc2cc(Br)ncn2)cn1. The van der Waals surface area contributed by atoms with Crippen LogP contribution in [-0.4, -0.2) is 26.3 Å². The van der Waals surface area contributed by atoms with Crippen LogP contribution in [0.1, 0.15) is 5.56 Å². The van der Waals surface area contributed by atoms with Crippen LogP contribution in [0.4, 0.5) is 5.82 Å². The number of nitrogens with zero attached hydrogens (tertiary/aromatic N) is 4. The van der Waals surface area contributed by atoms with Crippen LogP contribution in [0.15, 0.2) is 29.4 Å². The molecule has 1 N–H and O–H groups in total. The molecule has 0 fully saturated rings. The highest BCUT2D eigenvalue weighted by Crippen LogP contribution is 2.09. The molecule has 6 heteroatoms. The number of anilines is 1. The van der Waals surface area contributed by atoms with Crippen LogP contribution >= 0.6 is 15.9 Å². The zero-order chi connectivity index (χ0) is 11.4. The second-order valence-electron chi connectivity index (χ2n) is 3.43. The minimum atomic E-state index is 0.784. The molecule has 0 saturated carbocycles. The molecule has 5 nitrogen and oxygen atoms in total. The predicted octanol–water partition coefficient (Wildman–Crippen LogP) is 1.63. The Hall–Kier alpha value is -1.43. The van der Waals surface area contributed by atoms with E-state index in [-0.39, 0.29) is 0 Å². The number of hydrogen-bond donors (Lipinski definition) is 1. The molecule has 0 amide bonds. The Balaban J connectivity index is 1.84. The molecule has 0 aliphatic rings. The lowest BCUT2D eigenvalue weighted by atomic mass is 10.2. The lowest BCUT2D eigenvalue weighted by Crippen LogP contribution is -2.06. The number of aromatic nitrogens is 4. The van der Waals surface area contributed by atoms with Crippen molar-refractivity contribution in [2.45, 2.75) is 6.42 Å². The van der Waals surface area contributed by atoms with Gasteiger partial charge in [0.2, 0.25) is 0 Å². The molecule has 0 saturated heterocycles. The molecule has 2 aromatic rings. The van der Waals surface area contributed by atoms with Crippen LogP contribution in [0, 0.1) is 0 Å². The number of rotatable bonds is 4. The van der Waals surface area contributed by atoms with Gasteiger partial charge in [-0.3, -0.25) is 4.68 Å². The van der Waals surface area contributed by atoms with E-state index in [1.807, 2.05) is 25.5 Å². The minimum absolute atomic E-state index is 0.784. The van der Waals surface area contributed by atoms with Crippen LogP contribution in [-0.2, 0) is 13.5 Å². The Kier molecular flexibility index (Phi) is 3.51. The summed E-state index contributed by atoms with van der Waals surface area (Å²) in [7, 11) is 1.92. The largest absolute Gasteiger partial charge is 0.370 e. The Morgan fingerprint density at radius 1 is 1.44 bits per heavy atom. The van der Waals surface area contributed by atoms with Gasteiger partial charge in [0.15, 0.2) is 0 Å². The Morgan fingerprint density at radius 3 is 3.00 bits per heavy atom. The van der Waals surface area contributed by atoms with Gasteiger partial charge in [0.1, 0.15) is 16.7 Å². The Bertz CT molecular complexity index is 468. The van der Waals surface area contributed by atoms with Crippen molar-refractivity contribution in [2.75, 3.05) is 11.9 Å². The maximum atomic E-state index is 4.11. The smallest absolute Gasteiger partial charge is 0.130 e. The molecule has 0 spiro atoms. The molecular weight excluding hydrogens is 270 g/mol. The molecule has 0 aromatic carbocycles. The standard InChI is InChI=1S/C10H12BrN5/c1-16-6-8(5-15-16)2-3-12-10-4-9(11)13-7-14-10/h4-7H,2-3H2,1H3,(H,12,13,14). The molecule has 16 heavy (non-hydrogen) atoms. The van der Waals surface area contributed by atoms with Gasteiger partial charge in [0, 0.05) is 25.9 Å². The van der Waals surface area contributed by atoms with E-state index in [9.17, 15) is 0 Å². The summed E-state index contributed by atoms with van der Waals surface area (Å²) in [5.74, 6) is 0.825. The first-order valence-corrected chi connectivity index (χ1v) is 5.72. The van der Waals surface area contributed by atoms with E-state index in [1.54, 1.807) is 4.68 Å². The van der Waals surface area contributed by atoms with Gasteiger partial charge >= 0.3 is 0 Å². The third-order valence-electron chi connectivity index (χ3n) is 2.11. The van der Waals surface area contributed by atoms with Crippen molar-refractivity contribution in [1.29, 1.82) is 0 Å². The summed E-state index contributed by atoms with van der Waals surface area (Å²) in [5, 5.41) is 7.34. The van der Waals surface area contributed by atoms with Crippen molar-refractivity contribution < 1.29 is 0 Å². The second-order valence-corrected chi connectivity index (χ2v) is 4.24. The molecule has 2 aromatic heterocycles. The minimum Gasteiger partial charge on any atom is -0.370 e. The van der Waals surface area contributed by atoms with Gasteiger partial charge < -0.3 is 5.32 Å². The van der Waals surface area contributed by atoms with Gasteiger partial charge in [-0.1, -0.05) is 0 Å². The first-order chi connectivity index (χ1) is 7.74. The van der Waals surface area contributed by atoms with Crippen molar-refractivity contribution in [1.82, 2.24) is 19.7 Å². The summed E-state index contributed by atoms with van der Waals surface area (Å²) in [6.45, 7) is 0.829. The predicted molar refractivity (Wildman–Crippen MR) is 65.1 cm³/mol. The van der Waals surface area contributed by atoms with Crippen LogP contribution in [0.3, 0.4) is 0 Å². The van der Waals surface area contributed by atoms with Crippen molar-refractivity contribution >= 4 is 21.7 Å². The maximum absolute atomic E-state index is 4.11. The van der Waals surface area contributed by atoms with E-state index >= 15 is 0 Å². The van der Waals surface area contributed by atoms with Gasteiger partial charge in [-0.2, -0.15) is 5.10 Å². The first kappa shape index (κ1) is 11.1. The summed E-state index contributed by atoms with van der Waals surface area (Å²) in [4.78, 5) is 8.06. The fraction of sp³-hybridized carbons (Fsp3) is 0.300.